The molecule has 1 aliphatic carbocycles. The molecule has 0 aliphatic heterocycles. The highest BCUT2D eigenvalue weighted by molar-refractivity contribution is 7.99. The quantitative estimate of drug-likeness (QED) is 0.780. The summed E-state index contributed by atoms with van der Waals surface area (Å²) in [5.74, 6) is 1.55. The molecule has 2 rings (SSSR count). The first-order chi connectivity index (χ1) is 9.15. The van der Waals surface area contributed by atoms with Crippen LogP contribution >= 0.6 is 11.8 Å². The van der Waals surface area contributed by atoms with Crippen LogP contribution in [0.4, 0.5) is 0 Å². The van der Waals surface area contributed by atoms with Crippen LogP contribution in [0.5, 0.6) is 0 Å². The molecule has 0 saturated heterocycles. The first-order valence-corrected chi connectivity index (χ1v) is 8.30. The van der Waals surface area contributed by atoms with Crippen LogP contribution in [0.25, 0.3) is 0 Å². The maximum absolute atomic E-state index is 10.1. The summed E-state index contributed by atoms with van der Waals surface area (Å²) in [6, 6.07) is 8.41. The zero-order chi connectivity index (χ0) is 13.7. The Kier molecular flexibility index (Phi) is 5.74. The lowest BCUT2D eigenvalue weighted by Crippen LogP contribution is -2.14. The number of nitrogens with two attached hydrogens (primary N) is 1. The van der Waals surface area contributed by atoms with Gasteiger partial charge in [0.2, 0.25) is 0 Å². The third kappa shape index (κ3) is 4.83. The summed E-state index contributed by atoms with van der Waals surface area (Å²) in [7, 11) is 0. The van der Waals surface area contributed by atoms with Crippen LogP contribution in [0.2, 0.25) is 0 Å². The minimum Gasteiger partial charge on any atom is -0.392 e. The first-order valence-electron chi connectivity index (χ1n) is 7.31. The van der Waals surface area contributed by atoms with Crippen molar-refractivity contribution < 1.29 is 5.11 Å². The molecule has 0 radical (unpaired) electrons. The molecule has 1 aliphatic rings. The van der Waals surface area contributed by atoms with Crippen molar-refractivity contribution in [1.82, 2.24) is 0 Å². The summed E-state index contributed by atoms with van der Waals surface area (Å²) in [5.41, 5.74) is 7.05. The molecule has 0 amide bonds. The minimum atomic E-state index is -0.174. The number of hydrogen-bond acceptors (Lipinski definition) is 3. The Morgan fingerprint density at radius 3 is 2.79 bits per heavy atom. The van der Waals surface area contributed by atoms with Crippen LogP contribution in [-0.2, 0) is 0 Å². The Morgan fingerprint density at radius 1 is 1.37 bits per heavy atom. The largest absolute Gasteiger partial charge is 0.392 e. The molecule has 0 spiro atoms. The summed E-state index contributed by atoms with van der Waals surface area (Å²) in [5, 5.41) is 10.1. The van der Waals surface area contributed by atoms with E-state index in [2.05, 4.69) is 18.2 Å². The van der Waals surface area contributed by atoms with Gasteiger partial charge in [0.1, 0.15) is 0 Å². The van der Waals surface area contributed by atoms with Crippen LogP contribution in [0.3, 0.4) is 0 Å². The number of aliphatic hydroxyl groups excluding tert-OH is 1. The average Bonchev–Trinajstić information content (AvgIpc) is 2.89. The van der Waals surface area contributed by atoms with E-state index < -0.39 is 0 Å². The SMILES string of the molecule is CC(N)c1cccc(SCC(O)CC2CCCC2)c1. The lowest BCUT2D eigenvalue weighted by Gasteiger charge is -2.15. The molecule has 0 bridgehead atoms. The molecule has 3 heteroatoms. The zero-order valence-electron chi connectivity index (χ0n) is 11.7. The van der Waals surface area contributed by atoms with Crippen LogP contribution < -0.4 is 5.73 Å². The van der Waals surface area contributed by atoms with Crippen LogP contribution in [0, 0.1) is 5.92 Å². The molecule has 1 saturated carbocycles. The predicted molar refractivity (Wildman–Crippen MR) is 82.4 cm³/mol. The van der Waals surface area contributed by atoms with E-state index in [1.165, 1.54) is 30.6 Å². The molecule has 19 heavy (non-hydrogen) atoms. The Bertz CT molecular complexity index is 388. The first kappa shape index (κ1) is 14.9. The molecule has 1 fully saturated rings. The fraction of sp³-hybridized carbons (Fsp3) is 0.625. The van der Waals surface area contributed by atoms with Gasteiger partial charge < -0.3 is 10.8 Å². The second-order valence-corrected chi connectivity index (χ2v) is 6.81. The van der Waals surface area contributed by atoms with E-state index in [0.29, 0.717) is 0 Å². The van der Waals surface area contributed by atoms with Crippen molar-refractivity contribution in [2.75, 3.05) is 5.75 Å². The van der Waals surface area contributed by atoms with Crippen molar-refractivity contribution in [1.29, 1.82) is 0 Å². The minimum absolute atomic E-state index is 0.0731. The Morgan fingerprint density at radius 2 is 2.11 bits per heavy atom. The summed E-state index contributed by atoms with van der Waals surface area (Å²) in [6.45, 7) is 2.00. The van der Waals surface area contributed by atoms with E-state index >= 15 is 0 Å². The fourth-order valence-electron chi connectivity index (χ4n) is 2.78. The van der Waals surface area contributed by atoms with Gasteiger partial charge >= 0.3 is 0 Å². The molecule has 1 aromatic carbocycles. The Hall–Kier alpha value is -0.510. The smallest absolute Gasteiger partial charge is 0.0636 e. The van der Waals surface area contributed by atoms with Crippen molar-refractivity contribution in [2.45, 2.75) is 56.1 Å². The van der Waals surface area contributed by atoms with Gasteiger partial charge in [0.25, 0.3) is 0 Å². The van der Waals surface area contributed by atoms with Crippen molar-refractivity contribution >= 4 is 11.8 Å². The topological polar surface area (TPSA) is 46.2 Å². The molecule has 2 atom stereocenters. The van der Waals surface area contributed by atoms with Crippen molar-refractivity contribution in [3.05, 3.63) is 29.8 Å². The third-order valence-corrected chi connectivity index (χ3v) is 5.05. The van der Waals surface area contributed by atoms with Gasteiger partial charge in [-0.3, -0.25) is 0 Å². The van der Waals surface area contributed by atoms with Crippen molar-refractivity contribution in [3.8, 4) is 0 Å². The van der Waals surface area contributed by atoms with Crippen LogP contribution in [0.15, 0.2) is 29.2 Å². The summed E-state index contributed by atoms with van der Waals surface area (Å²) >= 11 is 1.74. The van der Waals surface area contributed by atoms with E-state index in [0.717, 1.165) is 23.7 Å². The Labute approximate surface area is 120 Å². The summed E-state index contributed by atoms with van der Waals surface area (Å²) < 4.78 is 0. The van der Waals surface area contributed by atoms with E-state index in [-0.39, 0.29) is 12.1 Å². The number of rotatable bonds is 6. The standard InChI is InChI=1S/C16H25NOS/c1-12(17)14-7-4-8-16(10-14)19-11-15(18)9-13-5-2-3-6-13/h4,7-8,10,12-13,15,18H,2-3,5-6,9,11,17H2,1H3. The second-order valence-electron chi connectivity index (χ2n) is 5.71. The summed E-state index contributed by atoms with van der Waals surface area (Å²) in [6.07, 6.45) is 6.11. The van der Waals surface area contributed by atoms with Gasteiger partial charge in [-0.1, -0.05) is 37.8 Å². The maximum Gasteiger partial charge on any atom is 0.0636 e. The van der Waals surface area contributed by atoms with Gasteiger partial charge in [0, 0.05) is 16.7 Å². The lowest BCUT2D eigenvalue weighted by molar-refractivity contribution is 0.166. The second kappa shape index (κ2) is 7.32. The molecule has 2 nitrogen and oxygen atoms in total. The van der Waals surface area contributed by atoms with Gasteiger partial charge in [-0.25, -0.2) is 0 Å². The van der Waals surface area contributed by atoms with Crippen molar-refractivity contribution in [3.63, 3.8) is 0 Å². The predicted octanol–water partition coefficient (Wildman–Crippen LogP) is 3.74. The zero-order valence-corrected chi connectivity index (χ0v) is 12.5. The molecule has 2 unspecified atom stereocenters. The van der Waals surface area contributed by atoms with E-state index in [1.807, 2.05) is 13.0 Å². The highest BCUT2D eigenvalue weighted by Gasteiger charge is 2.18. The number of hydrogen-bond donors (Lipinski definition) is 2. The highest BCUT2D eigenvalue weighted by Crippen LogP contribution is 2.30. The van der Waals surface area contributed by atoms with Crippen molar-refractivity contribution in [2.24, 2.45) is 11.7 Å². The average molecular weight is 279 g/mol. The number of benzene rings is 1. The number of thioether (sulfide) groups is 1. The van der Waals surface area contributed by atoms with Crippen LogP contribution in [0.1, 0.15) is 50.6 Å². The van der Waals surface area contributed by atoms with Crippen LogP contribution in [-0.4, -0.2) is 17.0 Å². The molecular formula is C16H25NOS. The fourth-order valence-corrected chi connectivity index (χ4v) is 3.69. The molecule has 3 N–H and O–H groups in total. The highest BCUT2D eigenvalue weighted by atomic mass is 32.2. The lowest BCUT2D eigenvalue weighted by atomic mass is 10.0. The van der Waals surface area contributed by atoms with E-state index in [9.17, 15) is 5.11 Å². The van der Waals surface area contributed by atoms with Gasteiger partial charge in [-0.15, -0.1) is 11.8 Å². The number of aliphatic hydroxyl groups is 1. The van der Waals surface area contributed by atoms with Gasteiger partial charge in [0.15, 0.2) is 0 Å². The third-order valence-electron chi connectivity index (χ3n) is 3.91. The molecule has 0 heterocycles. The molecular weight excluding hydrogens is 254 g/mol. The Balaban J connectivity index is 1.79. The van der Waals surface area contributed by atoms with Gasteiger partial charge in [-0.05, 0) is 37.0 Å². The normalized spacial score (nSPS) is 19.5. The van der Waals surface area contributed by atoms with E-state index in [4.69, 9.17) is 5.73 Å². The van der Waals surface area contributed by atoms with Gasteiger partial charge in [-0.2, -0.15) is 0 Å². The summed E-state index contributed by atoms with van der Waals surface area (Å²) in [4.78, 5) is 1.21. The monoisotopic (exact) mass is 279 g/mol. The van der Waals surface area contributed by atoms with E-state index in [1.54, 1.807) is 11.8 Å². The maximum atomic E-state index is 10.1. The molecule has 0 aromatic heterocycles. The molecule has 1 aromatic rings. The molecule has 106 valence electrons. The van der Waals surface area contributed by atoms with Gasteiger partial charge in [0.05, 0.1) is 6.10 Å².